The summed E-state index contributed by atoms with van der Waals surface area (Å²) in [6.07, 6.45) is 3.80. The van der Waals surface area contributed by atoms with E-state index in [2.05, 4.69) is 50.0 Å². The molecule has 0 saturated carbocycles. The van der Waals surface area contributed by atoms with Crippen LogP contribution in [-0.4, -0.2) is 15.0 Å². The van der Waals surface area contributed by atoms with Gasteiger partial charge in [0.1, 0.15) is 21.3 Å². The van der Waals surface area contributed by atoms with Gasteiger partial charge in [-0.25, -0.2) is 15.0 Å². The third-order valence-corrected chi connectivity index (χ3v) is 4.44. The van der Waals surface area contributed by atoms with E-state index in [-0.39, 0.29) is 6.04 Å². The third-order valence-electron chi connectivity index (χ3n) is 2.71. The van der Waals surface area contributed by atoms with Gasteiger partial charge in [-0.2, -0.15) is 0 Å². The fourth-order valence-electron chi connectivity index (χ4n) is 1.67. The first kappa shape index (κ1) is 14.4. The minimum atomic E-state index is 0.150. The number of hydrogen-bond acceptors (Lipinski definition) is 5. The van der Waals surface area contributed by atoms with Crippen molar-refractivity contribution in [3.05, 3.63) is 32.6 Å². The Kier molecular flexibility index (Phi) is 4.87. The van der Waals surface area contributed by atoms with E-state index in [0.717, 1.165) is 34.1 Å². The van der Waals surface area contributed by atoms with Crippen molar-refractivity contribution in [1.29, 1.82) is 0 Å². The average Bonchev–Trinajstić information content (AvgIpc) is 2.86. The van der Waals surface area contributed by atoms with Crippen LogP contribution in [0.3, 0.4) is 0 Å². The van der Waals surface area contributed by atoms with Crippen molar-refractivity contribution in [3.8, 4) is 0 Å². The number of hydrogen-bond donors (Lipinski definition) is 1. The molecular weight excluding hydrogens is 324 g/mol. The normalized spacial score (nSPS) is 12.4. The minimum Gasteiger partial charge on any atom is -0.361 e. The Hall–Kier alpha value is -1.01. The average molecular weight is 341 g/mol. The highest BCUT2D eigenvalue weighted by atomic mass is 79.9. The molecule has 0 aromatic carbocycles. The van der Waals surface area contributed by atoms with Gasteiger partial charge in [-0.1, -0.05) is 13.8 Å². The molecule has 0 aliphatic heterocycles. The number of halogens is 1. The zero-order valence-corrected chi connectivity index (χ0v) is 13.7. The molecule has 0 bridgehead atoms. The molecule has 102 valence electrons. The smallest absolute Gasteiger partial charge is 0.131 e. The first-order valence-electron chi connectivity index (χ1n) is 6.37. The number of nitrogens with one attached hydrogen (secondary N) is 1. The van der Waals surface area contributed by atoms with Gasteiger partial charge in [0.2, 0.25) is 0 Å². The van der Waals surface area contributed by atoms with Gasteiger partial charge in [0.05, 0.1) is 6.04 Å². The van der Waals surface area contributed by atoms with Gasteiger partial charge in [0.25, 0.3) is 0 Å². The zero-order chi connectivity index (χ0) is 13.8. The molecule has 0 amide bonds. The van der Waals surface area contributed by atoms with Crippen LogP contribution in [0.15, 0.2) is 16.9 Å². The van der Waals surface area contributed by atoms with Crippen LogP contribution in [-0.2, 0) is 12.8 Å². The van der Waals surface area contributed by atoms with E-state index in [0.29, 0.717) is 0 Å². The molecule has 0 aliphatic rings. The molecule has 2 rings (SSSR count). The lowest BCUT2D eigenvalue weighted by Gasteiger charge is -2.12. The molecule has 0 fully saturated rings. The Morgan fingerprint density at radius 3 is 2.74 bits per heavy atom. The second kappa shape index (κ2) is 6.43. The van der Waals surface area contributed by atoms with Crippen LogP contribution in [0, 0.1) is 0 Å². The van der Waals surface area contributed by atoms with Gasteiger partial charge in [-0.05, 0) is 29.3 Å². The van der Waals surface area contributed by atoms with Gasteiger partial charge in [-0.15, -0.1) is 11.3 Å². The fourth-order valence-corrected chi connectivity index (χ4v) is 2.95. The summed E-state index contributed by atoms with van der Waals surface area (Å²) in [4.78, 5) is 14.5. The van der Waals surface area contributed by atoms with E-state index in [1.54, 1.807) is 11.3 Å². The Morgan fingerprint density at radius 1 is 1.32 bits per heavy atom. The second-order valence-corrected chi connectivity index (χ2v) is 6.19. The van der Waals surface area contributed by atoms with E-state index in [1.807, 2.05) is 19.2 Å². The van der Waals surface area contributed by atoms with Crippen molar-refractivity contribution in [2.24, 2.45) is 0 Å². The Morgan fingerprint density at radius 2 is 2.11 bits per heavy atom. The Bertz CT molecular complexity index is 555. The standard InChI is InChI=1S/C13H17BrN4S/c1-4-9-7-15-13(19-9)8(3)16-12-6-10(14)17-11(5-2)18-12/h6-8H,4-5H2,1-3H3,(H,16,17,18). The van der Waals surface area contributed by atoms with Crippen LogP contribution < -0.4 is 5.32 Å². The summed E-state index contributed by atoms with van der Waals surface area (Å²) >= 11 is 5.16. The van der Waals surface area contributed by atoms with E-state index in [9.17, 15) is 0 Å². The van der Waals surface area contributed by atoms with Crippen LogP contribution >= 0.6 is 27.3 Å². The quantitative estimate of drug-likeness (QED) is 0.836. The fraction of sp³-hybridized carbons (Fsp3) is 0.462. The van der Waals surface area contributed by atoms with Crippen molar-refractivity contribution >= 4 is 33.1 Å². The first-order valence-corrected chi connectivity index (χ1v) is 7.98. The highest BCUT2D eigenvalue weighted by Crippen LogP contribution is 2.24. The second-order valence-electron chi connectivity index (χ2n) is 4.23. The molecule has 4 nitrogen and oxygen atoms in total. The molecule has 1 unspecified atom stereocenters. The number of aromatic nitrogens is 3. The molecule has 0 aliphatic carbocycles. The van der Waals surface area contributed by atoms with Gasteiger partial charge in [-0.3, -0.25) is 0 Å². The van der Waals surface area contributed by atoms with Gasteiger partial charge in [0, 0.05) is 23.6 Å². The molecule has 2 aromatic rings. The van der Waals surface area contributed by atoms with E-state index in [4.69, 9.17) is 0 Å². The number of aryl methyl sites for hydroxylation is 2. The predicted octanol–water partition coefficient (Wildman–Crippen LogP) is 3.99. The Labute approximate surface area is 125 Å². The molecule has 2 heterocycles. The summed E-state index contributed by atoms with van der Waals surface area (Å²) in [7, 11) is 0. The molecule has 0 spiro atoms. The van der Waals surface area contributed by atoms with E-state index in [1.165, 1.54) is 4.88 Å². The maximum absolute atomic E-state index is 4.47. The summed E-state index contributed by atoms with van der Waals surface area (Å²) in [5.41, 5.74) is 0. The Balaban J connectivity index is 2.13. The van der Waals surface area contributed by atoms with Crippen LogP contribution in [0.25, 0.3) is 0 Å². The van der Waals surface area contributed by atoms with Crippen molar-refractivity contribution in [2.45, 2.75) is 39.7 Å². The zero-order valence-electron chi connectivity index (χ0n) is 11.3. The van der Waals surface area contributed by atoms with Crippen molar-refractivity contribution < 1.29 is 0 Å². The van der Waals surface area contributed by atoms with Crippen LogP contribution in [0.1, 0.15) is 42.5 Å². The van der Waals surface area contributed by atoms with Gasteiger partial charge in [0.15, 0.2) is 0 Å². The summed E-state index contributed by atoms with van der Waals surface area (Å²) in [6, 6.07) is 2.04. The maximum Gasteiger partial charge on any atom is 0.131 e. The van der Waals surface area contributed by atoms with Crippen molar-refractivity contribution in [2.75, 3.05) is 5.32 Å². The SMILES string of the molecule is CCc1nc(Br)cc(NC(C)c2ncc(CC)s2)n1. The van der Waals surface area contributed by atoms with Gasteiger partial charge < -0.3 is 5.32 Å². The van der Waals surface area contributed by atoms with Crippen LogP contribution in [0.2, 0.25) is 0 Å². The number of rotatable bonds is 5. The molecule has 1 atom stereocenters. The first-order chi connectivity index (χ1) is 9.12. The van der Waals surface area contributed by atoms with Crippen LogP contribution in [0.4, 0.5) is 5.82 Å². The van der Waals surface area contributed by atoms with Crippen LogP contribution in [0.5, 0.6) is 0 Å². The molecule has 0 radical (unpaired) electrons. The number of thiazole rings is 1. The molecule has 1 N–H and O–H groups in total. The topological polar surface area (TPSA) is 50.7 Å². The molecule has 19 heavy (non-hydrogen) atoms. The predicted molar refractivity (Wildman–Crippen MR) is 82.6 cm³/mol. The lowest BCUT2D eigenvalue weighted by atomic mass is 10.3. The summed E-state index contributed by atoms with van der Waals surface area (Å²) in [5, 5.41) is 4.47. The van der Waals surface area contributed by atoms with E-state index < -0.39 is 0 Å². The third kappa shape index (κ3) is 3.73. The number of anilines is 1. The maximum atomic E-state index is 4.47. The molecule has 6 heteroatoms. The highest BCUT2D eigenvalue weighted by molar-refractivity contribution is 9.10. The summed E-state index contributed by atoms with van der Waals surface area (Å²) in [6.45, 7) is 6.29. The van der Waals surface area contributed by atoms with Crippen molar-refractivity contribution in [1.82, 2.24) is 15.0 Å². The highest BCUT2D eigenvalue weighted by Gasteiger charge is 2.11. The molecule has 2 aromatic heterocycles. The van der Waals surface area contributed by atoms with Gasteiger partial charge >= 0.3 is 0 Å². The largest absolute Gasteiger partial charge is 0.361 e. The summed E-state index contributed by atoms with van der Waals surface area (Å²) < 4.78 is 0.808. The lowest BCUT2D eigenvalue weighted by molar-refractivity contribution is 0.843. The molecular formula is C13H17BrN4S. The lowest BCUT2D eigenvalue weighted by Crippen LogP contribution is -2.09. The van der Waals surface area contributed by atoms with Crippen molar-refractivity contribution in [3.63, 3.8) is 0 Å². The summed E-state index contributed by atoms with van der Waals surface area (Å²) in [5.74, 6) is 1.66. The minimum absolute atomic E-state index is 0.150. The van der Waals surface area contributed by atoms with E-state index >= 15 is 0 Å². The number of nitrogens with zero attached hydrogens (tertiary/aromatic N) is 3. The molecule has 0 saturated heterocycles. The monoisotopic (exact) mass is 340 g/mol.